The number of halogens is 2. The molecule has 180 valence electrons. The molecule has 3 rings (SSSR count). The number of hydrogen-bond acceptors (Lipinski definition) is 2. The van der Waals surface area contributed by atoms with Crippen molar-refractivity contribution >= 4 is 53.5 Å². The quantitative estimate of drug-likeness (QED) is 0.193. The van der Waals surface area contributed by atoms with Crippen molar-refractivity contribution < 1.29 is 9.53 Å². The summed E-state index contributed by atoms with van der Waals surface area (Å²) in [4.78, 5) is 0. The maximum atomic E-state index is 11.7. The van der Waals surface area contributed by atoms with Crippen LogP contribution < -0.4 is 4.43 Å². The second-order valence-electron chi connectivity index (χ2n) is 11.4. The van der Waals surface area contributed by atoms with Crippen molar-refractivity contribution in [2.45, 2.75) is 78.4 Å². The van der Waals surface area contributed by atoms with Crippen LogP contribution in [0.2, 0.25) is 18.1 Å². The fourth-order valence-electron chi connectivity index (χ4n) is 4.47. The normalized spacial score (nSPS) is 19.5. The first-order chi connectivity index (χ1) is 15.2. The van der Waals surface area contributed by atoms with Crippen molar-refractivity contribution in [2.24, 2.45) is 11.8 Å². The van der Waals surface area contributed by atoms with Gasteiger partial charge in [0, 0.05) is 29.7 Å². The summed E-state index contributed by atoms with van der Waals surface area (Å²) in [5.41, 5.74) is 4.34. The van der Waals surface area contributed by atoms with Crippen LogP contribution in [0.15, 0.2) is 42.0 Å². The lowest BCUT2D eigenvalue weighted by Gasteiger charge is -2.37. The van der Waals surface area contributed by atoms with Crippen molar-refractivity contribution in [3.05, 3.63) is 54.7 Å². The van der Waals surface area contributed by atoms with Crippen LogP contribution in [0.5, 0.6) is 11.5 Å². The van der Waals surface area contributed by atoms with Crippen molar-refractivity contribution in [2.75, 3.05) is 0 Å². The number of hydrogen-bond donors (Lipinski definition) is 1. The van der Waals surface area contributed by atoms with E-state index in [0.29, 0.717) is 17.6 Å². The van der Waals surface area contributed by atoms with E-state index in [4.69, 9.17) is 4.43 Å². The highest BCUT2D eigenvalue weighted by Gasteiger charge is 2.39. The van der Waals surface area contributed by atoms with Crippen molar-refractivity contribution in [1.29, 1.82) is 0 Å². The summed E-state index contributed by atoms with van der Waals surface area (Å²) in [6.45, 7) is 18.2. The largest absolute Gasteiger partial charge is 0.543 e. The molecule has 2 aromatic carbocycles. The summed E-state index contributed by atoms with van der Waals surface area (Å²) in [6, 6.07) is 10.6. The Morgan fingerprint density at radius 1 is 1.03 bits per heavy atom. The lowest BCUT2D eigenvalue weighted by Crippen LogP contribution is -2.44. The molecule has 1 aliphatic carbocycles. The van der Waals surface area contributed by atoms with Crippen LogP contribution in [0, 0.1) is 19.0 Å². The summed E-state index contributed by atoms with van der Waals surface area (Å²) >= 11 is 4.75. The molecule has 5 heteroatoms. The standard InChI is InChI=1S/C28H38I2O2Si/c1-17(2)21-11-9-18(3)13-22(21)24-15-20(30)16-25(27(24)31)23-14-19(29)10-12-26(23)32-33(7,8)28(4,5)6/h10,12-17,21-22,31H,9,11H2,1-8H3/t21-,22+/m0/s1. The smallest absolute Gasteiger partial charge is 0.250 e. The first kappa shape index (κ1) is 27.1. The summed E-state index contributed by atoms with van der Waals surface area (Å²) in [5, 5.41) is 11.8. The number of benzene rings is 2. The van der Waals surface area contributed by atoms with E-state index in [2.05, 4.69) is 136 Å². The average molecular weight is 689 g/mol. The molecular weight excluding hydrogens is 650 g/mol. The monoisotopic (exact) mass is 688 g/mol. The molecule has 0 fully saturated rings. The van der Waals surface area contributed by atoms with Gasteiger partial charge < -0.3 is 9.53 Å². The maximum absolute atomic E-state index is 11.7. The van der Waals surface area contributed by atoms with Crippen LogP contribution in [0.3, 0.4) is 0 Å². The fraction of sp³-hybridized carbons (Fsp3) is 0.500. The van der Waals surface area contributed by atoms with E-state index in [1.54, 1.807) is 0 Å². The summed E-state index contributed by atoms with van der Waals surface area (Å²) in [7, 11) is -2.03. The molecular formula is C28H38I2O2Si. The molecule has 1 N–H and O–H groups in total. The third kappa shape index (κ3) is 6.00. The Balaban J connectivity index is 2.19. The second kappa shape index (κ2) is 10.2. The predicted molar refractivity (Wildman–Crippen MR) is 161 cm³/mol. The topological polar surface area (TPSA) is 29.5 Å². The lowest BCUT2D eigenvalue weighted by molar-refractivity contribution is 0.310. The predicted octanol–water partition coefficient (Wildman–Crippen LogP) is 9.75. The maximum Gasteiger partial charge on any atom is 0.250 e. The van der Waals surface area contributed by atoms with Crippen LogP contribution in [0.25, 0.3) is 11.1 Å². The third-order valence-corrected chi connectivity index (χ3v) is 13.2. The number of rotatable bonds is 5. The molecule has 0 aromatic heterocycles. The van der Waals surface area contributed by atoms with Gasteiger partial charge in [0.1, 0.15) is 11.5 Å². The van der Waals surface area contributed by atoms with E-state index in [9.17, 15) is 5.11 Å². The van der Waals surface area contributed by atoms with Gasteiger partial charge in [-0.1, -0.05) is 46.3 Å². The molecule has 0 aliphatic heterocycles. The average Bonchev–Trinajstić information content (AvgIpc) is 2.69. The molecule has 0 saturated carbocycles. The van der Waals surface area contributed by atoms with Gasteiger partial charge in [0.05, 0.1) is 0 Å². The zero-order valence-electron chi connectivity index (χ0n) is 21.2. The second-order valence-corrected chi connectivity index (χ2v) is 18.6. The van der Waals surface area contributed by atoms with Crippen LogP contribution in [-0.4, -0.2) is 13.4 Å². The Hall–Kier alpha value is -0.543. The zero-order valence-corrected chi connectivity index (χ0v) is 26.5. The summed E-state index contributed by atoms with van der Waals surface area (Å²) < 4.78 is 9.06. The number of allylic oxidation sites excluding steroid dienone is 2. The SMILES string of the molecule is CC1=C[C@@H](c2cc(I)cc(-c3cc(I)ccc3O[Si](C)(C)C(C)(C)C)c2O)[C@H](C(C)C)CC1. The molecule has 33 heavy (non-hydrogen) atoms. The van der Waals surface area contributed by atoms with E-state index in [1.807, 2.05) is 0 Å². The van der Waals surface area contributed by atoms with Gasteiger partial charge in [0.25, 0.3) is 8.32 Å². The number of phenols is 1. The number of phenolic OH excluding ortho intramolecular Hbond substituents is 1. The minimum absolute atomic E-state index is 0.0977. The van der Waals surface area contributed by atoms with E-state index in [1.165, 1.54) is 12.0 Å². The molecule has 0 radical (unpaired) electrons. The Morgan fingerprint density at radius 2 is 1.67 bits per heavy atom. The van der Waals surface area contributed by atoms with Gasteiger partial charge >= 0.3 is 0 Å². The highest BCUT2D eigenvalue weighted by Crippen LogP contribution is 2.48. The molecule has 1 aliphatic rings. The van der Waals surface area contributed by atoms with E-state index in [0.717, 1.165) is 36.0 Å². The van der Waals surface area contributed by atoms with Crippen molar-refractivity contribution in [1.82, 2.24) is 0 Å². The minimum atomic E-state index is -2.03. The van der Waals surface area contributed by atoms with E-state index < -0.39 is 8.32 Å². The van der Waals surface area contributed by atoms with Crippen LogP contribution in [-0.2, 0) is 0 Å². The van der Waals surface area contributed by atoms with Crippen LogP contribution >= 0.6 is 45.2 Å². The Kier molecular flexibility index (Phi) is 8.37. The van der Waals surface area contributed by atoms with Gasteiger partial charge in [0.15, 0.2) is 0 Å². The lowest BCUT2D eigenvalue weighted by atomic mass is 9.71. The van der Waals surface area contributed by atoms with Gasteiger partial charge in [-0.15, -0.1) is 0 Å². The molecule has 0 amide bonds. The van der Waals surface area contributed by atoms with Crippen molar-refractivity contribution in [3.8, 4) is 22.6 Å². The van der Waals surface area contributed by atoms with E-state index in [-0.39, 0.29) is 11.0 Å². The fourth-order valence-corrected chi connectivity index (χ4v) is 6.64. The molecule has 2 aromatic rings. The van der Waals surface area contributed by atoms with Gasteiger partial charge in [0.2, 0.25) is 0 Å². The Morgan fingerprint density at radius 3 is 2.27 bits per heavy atom. The van der Waals surface area contributed by atoms with Crippen LogP contribution in [0.1, 0.15) is 65.9 Å². The molecule has 0 heterocycles. The molecule has 0 saturated heterocycles. The van der Waals surface area contributed by atoms with Gasteiger partial charge in [-0.3, -0.25) is 0 Å². The Labute approximate surface area is 229 Å². The van der Waals surface area contributed by atoms with Gasteiger partial charge in [-0.2, -0.15) is 0 Å². The highest BCUT2D eigenvalue weighted by molar-refractivity contribution is 14.1. The van der Waals surface area contributed by atoms with Crippen molar-refractivity contribution in [3.63, 3.8) is 0 Å². The summed E-state index contributed by atoms with van der Waals surface area (Å²) in [6.07, 6.45) is 4.72. The third-order valence-electron chi connectivity index (χ3n) is 7.52. The highest BCUT2D eigenvalue weighted by atomic mass is 127. The first-order valence-electron chi connectivity index (χ1n) is 11.9. The molecule has 2 nitrogen and oxygen atoms in total. The summed E-state index contributed by atoms with van der Waals surface area (Å²) in [5.74, 6) is 2.61. The molecule has 0 bridgehead atoms. The molecule has 0 unspecified atom stereocenters. The minimum Gasteiger partial charge on any atom is -0.543 e. The Bertz CT molecular complexity index is 1050. The first-order valence-corrected chi connectivity index (χ1v) is 17.0. The van der Waals surface area contributed by atoms with Gasteiger partial charge in [-0.25, -0.2) is 0 Å². The molecule has 0 spiro atoms. The van der Waals surface area contributed by atoms with Gasteiger partial charge in [-0.05, 0) is 125 Å². The zero-order chi connectivity index (χ0) is 24.7. The van der Waals surface area contributed by atoms with E-state index >= 15 is 0 Å². The molecule has 2 atom stereocenters. The van der Waals surface area contributed by atoms with Crippen LogP contribution in [0.4, 0.5) is 0 Å². The number of aromatic hydroxyl groups is 1.